The van der Waals surface area contributed by atoms with Crippen LogP contribution in [-0.2, 0) is 0 Å². The Morgan fingerprint density at radius 2 is 2.19 bits per heavy atom. The van der Waals surface area contributed by atoms with Gasteiger partial charge in [-0.15, -0.1) is 0 Å². The summed E-state index contributed by atoms with van der Waals surface area (Å²) in [6.45, 7) is 2.02. The van der Waals surface area contributed by atoms with E-state index in [1.54, 1.807) is 54.4 Å². The molecule has 166 valence electrons. The molecule has 0 bridgehead atoms. The number of hydrogen-bond donors (Lipinski definition) is 2. The maximum Gasteiger partial charge on any atom is 0.259 e. The number of pyridine rings is 1. The average molecular weight is 458 g/mol. The van der Waals surface area contributed by atoms with Crippen molar-refractivity contribution < 1.29 is 23.8 Å². The minimum absolute atomic E-state index is 0.115. The number of nitrogens with one attached hydrogen (secondary N) is 1. The lowest BCUT2D eigenvalue weighted by molar-refractivity contribution is 0.102. The van der Waals surface area contributed by atoms with Crippen LogP contribution in [0.3, 0.4) is 0 Å². The molecule has 7 nitrogen and oxygen atoms in total. The van der Waals surface area contributed by atoms with Crippen molar-refractivity contribution in [2.45, 2.75) is 13.0 Å². The van der Waals surface area contributed by atoms with E-state index in [0.717, 1.165) is 0 Å². The van der Waals surface area contributed by atoms with E-state index < -0.39 is 17.8 Å². The normalized spacial score (nSPS) is 15.0. The molecule has 1 aromatic heterocycles. The highest BCUT2D eigenvalue weighted by atomic mass is 35.5. The van der Waals surface area contributed by atoms with Crippen molar-refractivity contribution in [3.63, 3.8) is 0 Å². The van der Waals surface area contributed by atoms with Crippen molar-refractivity contribution in [2.75, 3.05) is 30.0 Å². The fourth-order valence-corrected chi connectivity index (χ4v) is 3.73. The number of para-hydroxylation sites is 1. The molecule has 0 saturated heterocycles. The number of aliphatic hydroxyl groups is 1. The number of anilines is 3. The van der Waals surface area contributed by atoms with Gasteiger partial charge in [0.15, 0.2) is 23.1 Å². The standard InChI is InChI=1S/C23H21ClFN3O4/c1-2-31-20-9-8-14(11-18(20)25)27-23(30)16-5-3-7-19-21(16)32-13-15(12-29)28(19)22-17(24)6-4-10-26-22/h3-11,15,29H,2,12-13H2,1H3,(H,27,30)/t15-/m0/s1. The number of carbonyl (C=O) groups is 1. The first-order chi connectivity index (χ1) is 15.5. The van der Waals surface area contributed by atoms with Gasteiger partial charge in [0.25, 0.3) is 5.91 Å². The van der Waals surface area contributed by atoms with E-state index in [0.29, 0.717) is 28.9 Å². The monoisotopic (exact) mass is 457 g/mol. The summed E-state index contributed by atoms with van der Waals surface area (Å²) < 4.78 is 25.2. The van der Waals surface area contributed by atoms with Gasteiger partial charge in [-0.25, -0.2) is 9.37 Å². The fourth-order valence-electron chi connectivity index (χ4n) is 3.52. The van der Waals surface area contributed by atoms with E-state index in [4.69, 9.17) is 21.1 Å². The number of ether oxygens (including phenoxy) is 2. The lowest BCUT2D eigenvalue weighted by Crippen LogP contribution is -2.43. The molecule has 2 N–H and O–H groups in total. The van der Waals surface area contributed by atoms with Crippen LogP contribution in [0.4, 0.5) is 21.6 Å². The maximum absolute atomic E-state index is 14.2. The Balaban J connectivity index is 1.68. The van der Waals surface area contributed by atoms with Gasteiger partial charge in [0.2, 0.25) is 0 Å². The van der Waals surface area contributed by atoms with Gasteiger partial charge in [0, 0.05) is 18.0 Å². The van der Waals surface area contributed by atoms with E-state index in [9.17, 15) is 14.3 Å². The molecule has 1 aliphatic heterocycles. The van der Waals surface area contributed by atoms with Crippen LogP contribution in [0.1, 0.15) is 17.3 Å². The lowest BCUT2D eigenvalue weighted by Gasteiger charge is -2.37. The largest absolute Gasteiger partial charge is 0.491 e. The van der Waals surface area contributed by atoms with Gasteiger partial charge in [0.1, 0.15) is 6.61 Å². The molecule has 32 heavy (non-hydrogen) atoms. The molecule has 4 rings (SSSR count). The average Bonchev–Trinajstić information content (AvgIpc) is 2.80. The molecule has 9 heteroatoms. The highest BCUT2D eigenvalue weighted by molar-refractivity contribution is 6.33. The van der Waals surface area contributed by atoms with Crippen LogP contribution in [0.5, 0.6) is 11.5 Å². The van der Waals surface area contributed by atoms with E-state index in [1.807, 2.05) is 0 Å². The zero-order valence-electron chi connectivity index (χ0n) is 17.2. The Labute approximate surface area is 189 Å². The minimum Gasteiger partial charge on any atom is -0.491 e. The molecular formula is C23H21ClFN3O4. The lowest BCUT2D eigenvalue weighted by atomic mass is 10.1. The summed E-state index contributed by atoms with van der Waals surface area (Å²) in [4.78, 5) is 19.1. The number of fused-ring (bicyclic) bond motifs is 1. The third-order valence-corrected chi connectivity index (χ3v) is 5.25. The van der Waals surface area contributed by atoms with Crippen LogP contribution in [-0.4, -0.2) is 41.9 Å². The van der Waals surface area contributed by atoms with Crippen LogP contribution in [0, 0.1) is 5.82 Å². The zero-order chi connectivity index (χ0) is 22.7. The molecule has 0 radical (unpaired) electrons. The maximum atomic E-state index is 14.2. The van der Waals surface area contributed by atoms with Crippen LogP contribution < -0.4 is 19.7 Å². The second-order valence-electron chi connectivity index (χ2n) is 7.01. The van der Waals surface area contributed by atoms with E-state index in [2.05, 4.69) is 10.3 Å². The second-order valence-corrected chi connectivity index (χ2v) is 7.42. The molecule has 1 atom stereocenters. The molecule has 3 aromatic rings. The summed E-state index contributed by atoms with van der Waals surface area (Å²) in [6, 6.07) is 12.2. The van der Waals surface area contributed by atoms with Crippen LogP contribution in [0.25, 0.3) is 0 Å². The highest BCUT2D eigenvalue weighted by Gasteiger charge is 2.33. The van der Waals surface area contributed by atoms with Gasteiger partial charge in [-0.3, -0.25) is 4.79 Å². The van der Waals surface area contributed by atoms with Crippen LogP contribution in [0.2, 0.25) is 5.02 Å². The number of nitrogens with zero attached hydrogens (tertiary/aromatic N) is 2. The molecule has 0 unspecified atom stereocenters. The SMILES string of the molecule is CCOc1ccc(NC(=O)c2cccc3c2OC[C@H](CO)N3c2ncccc2Cl)cc1F. The molecular weight excluding hydrogens is 437 g/mol. The highest BCUT2D eigenvalue weighted by Crippen LogP contribution is 2.42. The minimum atomic E-state index is -0.572. The third kappa shape index (κ3) is 4.19. The number of rotatable bonds is 6. The molecule has 0 saturated carbocycles. The zero-order valence-corrected chi connectivity index (χ0v) is 18.0. The summed E-state index contributed by atoms with van der Waals surface area (Å²) >= 11 is 6.35. The summed E-state index contributed by atoms with van der Waals surface area (Å²) in [5.74, 6) is -0.159. The first kappa shape index (κ1) is 21.9. The number of aromatic nitrogens is 1. The molecule has 0 spiro atoms. The van der Waals surface area contributed by atoms with Gasteiger partial charge in [-0.2, -0.15) is 0 Å². The van der Waals surface area contributed by atoms with Gasteiger partial charge in [-0.05, 0) is 43.3 Å². The van der Waals surface area contributed by atoms with E-state index >= 15 is 0 Å². The summed E-state index contributed by atoms with van der Waals surface area (Å²) in [6.07, 6.45) is 1.60. The topological polar surface area (TPSA) is 83.9 Å². The van der Waals surface area contributed by atoms with Gasteiger partial charge >= 0.3 is 0 Å². The van der Waals surface area contributed by atoms with Crippen LogP contribution in [0.15, 0.2) is 54.7 Å². The van der Waals surface area contributed by atoms with Gasteiger partial charge < -0.3 is 24.8 Å². The molecule has 2 aromatic carbocycles. The van der Waals surface area contributed by atoms with Crippen molar-refractivity contribution in [1.82, 2.24) is 4.98 Å². The van der Waals surface area contributed by atoms with Crippen molar-refractivity contribution in [1.29, 1.82) is 0 Å². The van der Waals surface area contributed by atoms with Gasteiger partial charge in [0.05, 0.1) is 35.5 Å². The molecule has 1 aliphatic rings. The first-order valence-electron chi connectivity index (χ1n) is 10.0. The molecule has 2 heterocycles. The van der Waals surface area contributed by atoms with Crippen molar-refractivity contribution in [3.8, 4) is 11.5 Å². The molecule has 1 amide bonds. The number of carbonyl (C=O) groups excluding carboxylic acids is 1. The van der Waals surface area contributed by atoms with Gasteiger partial charge in [-0.1, -0.05) is 17.7 Å². The summed E-state index contributed by atoms with van der Waals surface area (Å²) in [5.41, 5.74) is 1.08. The number of aliphatic hydroxyl groups excluding tert-OH is 1. The van der Waals surface area contributed by atoms with E-state index in [1.165, 1.54) is 12.1 Å². The first-order valence-corrected chi connectivity index (χ1v) is 10.4. The number of benzene rings is 2. The Morgan fingerprint density at radius 3 is 2.91 bits per heavy atom. The predicted molar refractivity (Wildman–Crippen MR) is 120 cm³/mol. The predicted octanol–water partition coefficient (Wildman–Crippen LogP) is 4.42. The number of hydrogen-bond acceptors (Lipinski definition) is 6. The van der Waals surface area contributed by atoms with Crippen molar-refractivity contribution in [2.24, 2.45) is 0 Å². The van der Waals surface area contributed by atoms with Crippen molar-refractivity contribution in [3.05, 3.63) is 71.1 Å². The summed E-state index contributed by atoms with van der Waals surface area (Å²) in [7, 11) is 0. The quantitative estimate of drug-likeness (QED) is 0.570. The van der Waals surface area contributed by atoms with E-state index in [-0.39, 0.29) is 30.2 Å². The Kier molecular flexibility index (Phi) is 6.43. The Hall–Kier alpha value is -3.36. The smallest absolute Gasteiger partial charge is 0.259 e. The second kappa shape index (κ2) is 9.42. The van der Waals surface area contributed by atoms with Crippen molar-refractivity contribution >= 4 is 34.7 Å². The third-order valence-electron chi connectivity index (χ3n) is 4.95. The molecule has 0 fully saturated rings. The Morgan fingerprint density at radius 1 is 1.34 bits per heavy atom. The van der Waals surface area contributed by atoms with Crippen LogP contribution >= 0.6 is 11.6 Å². The fraction of sp³-hybridized carbons (Fsp3) is 0.217. The molecule has 0 aliphatic carbocycles. The number of amides is 1. The Bertz CT molecular complexity index is 1140. The summed E-state index contributed by atoms with van der Waals surface area (Å²) in [5, 5.41) is 13.0. The number of halogens is 2.